The number of hydrogen-bond donors (Lipinski definition) is 0. The van der Waals surface area contributed by atoms with Crippen molar-refractivity contribution in [1.82, 2.24) is 10.1 Å². The van der Waals surface area contributed by atoms with Gasteiger partial charge in [0.25, 0.3) is 0 Å². The fraction of sp³-hybridized carbons (Fsp3) is 0.375. The Labute approximate surface area is 187 Å². The van der Waals surface area contributed by atoms with Crippen LogP contribution in [0.5, 0.6) is 11.5 Å². The minimum atomic E-state index is -0.137. The topological polar surface area (TPSA) is 80.9 Å². The summed E-state index contributed by atoms with van der Waals surface area (Å²) in [5.41, 5.74) is 1.72. The molecule has 3 aromatic rings. The van der Waals surface area contributed by atoms with Gasteiger partial charge in [0, 0.05) is 30.9 Å². The van der Waals surface area contributed by atoms with Crippen LogP contribution in [0, 0.1) is 5.92 Å². The van der Waals surface area contributed by atoms with Crippen molar-refractivity contribution in [3.8, 4) is 22.9 Å². The third-order valence-electron chi connectivity index (χ3n) is 5.77. The molecule has 1 aliphatic rings. The van der Waals surface area contributed by atoms with Gasteiger partial charge >= 0.3 is 6.01 Å². The van der Waals surface area contributed by atoms with E-state index in [2.05, 4.69) is 10.1 Å². The van der Waals surface area contributed by atoms with Crippen molar-refractivity contribution in [2.24, 2.45) is 5.92 Å². The summed E-state index contributed by atoms with van der Waals surface area (Å²) in [6.45, 7) is 3.92. The van der Waals surface area contributed by atoms with E-state index >= 15 is 0 Å². The van der Waals surface area contributed by atoms with Crippen LogP contribution in [-0.2, 0) is 4.79 Å². The fourth-order valence-corrected chi connectivity index (χ4v) is 4.00. The second-order valence-corrected chi connectivity index (χ2v) is 7.69. The maximum atomic E-state index is 13.3. The summed E-state index contributed by atoms with van der Waals surface area (Å²) < 4.78 is 16.0. The van der Waals surface area contributed by atoms with Gasteiger partial charge in [-0.05, 0) is 68.3 Å². The van der Waals surface area contributed by atoms with E-state index < -0.39 is 0 Å². The van der Waals surface area contributed by atoms with Gasteiger partial charge < -0.3 is 23.8 Å². The van der Waals surface area contributed by atoms with Crippen LogP contribution in [0.15, 0.2) is 53.1 Å². The molecule has 4 rings (SSSR count). The number of benzene rings is 2. The van der Waals surface area contributed by atoms with Gasteiger partial charge in [0.15, 0.2) is 0 Å². The van der Waals surface area contributed by atoms with E-state index in [1.165, 1.54) is 0 Å². The Balaban J connectivity index is 1.46. The molecule has 32 heavy (non-hydrogen) atoms. The van der Waals surface area contributed by atoms with Crippen LogP contribution in [0.2, 0.25) is 0 Å². The summed E-state index contributed by atoms with van der Waals surface area (Å²) in [6, 6.07) is 15.5. The first-order valence-corrected chi connectivity index (χ1v) is 10.8. The third-order valence-corrected chi connectivity index (χ3v) is 5.77. The zero-order valence-corrected chi connectivity index (χ0v) is 18.7. The highest BCUT2D eigenvalue weighted by Crippen LogP contribution is 2.28. The van der Waals surface area contributed by atoms with Gasteiger partial charge in [0.05, 0.1) is 20.1 Å². The molecule has 2 heterocycles. The van der Waals surface area contributed by atoms with Gasteiger partial charge in [0.2, 0.25) is 11.7 Å². The number of rotatable bonds is 7. The normalized spacial score (nSPS) is 16.0. The summed E-state index contributed by atoms with van der Waals surface area (Å²) >= 11 is 0. The summed E-state index contributed by atoms with van der Waals surface area (Å²) in [7, 11) is 3.26. The standard InChI is InChI=1S/C24H28N4O4/c1-4-28(19-9-13-21(31-3)14-10-19)23(29)18-6-5-15-27(16-18)24-25-22(26-32-24)17-7-11-20(30-2)12-8-17/h7-14,18H,4-6,15-16H2,1-3H3/t18-/m1/s1. The summed E-state index contributed by atoms with van der Waals surface area (Å²) in [5.74, 6) is 2.03. The quantitative estimate of drug-likeness (QED) is 0.553. The first-order chi connectivity index (χ1) is 15.6. The van der Waals surface area contributed by atoms with Gasteiger partial charge in [-0.3, -0.25) is 4.79 Å². The number of carbonyl (C=O) groups excluding carboxylic acids is 1. The lowest BCUT2D eigenvalue weighted by Crippen LogP contribution is -2.45. The van der Waals surface area contributed by atoms with E-state index in [9.17, 15) is 4.79 Å². The molecule has 0 saturated carbocycles. The average molecular weight is 437 g/mol. The van der Waals surface area contributed by atoms with E-state index in [1.54, 1.807) is 14.2 Å². The molecule has 0 unspecified atom stereocenters. The number of hydrogen-bond acceptors (Lipinski definition) is 7. The van der Waals surface area contributed by atoms with Crippen LogP contribution < -0.4 is 19.3 Å². The molecule has 0 radical (unpaired) electrons. The van der Waals surface area contributed by atoms with Gasteiger partial charge in [-0.15, -0.1) is 0 Å². The lowest BCUT2D eigenvalue weighted by Gasteiger charge is -2.33. The smallest absolute Gasteiger partial charge is 0.324 e. The second kappa shape index (κ2) is 9.72. The molecule has 0 bridgehead atoms. The molecule has 1 amide bonds. The van der Waals surface area contributed by atoms with E-state index in [1.807, 2.05) is 65.3 Å². The molecular weight excluding hydrogens is 408 g/mol. The number of aromatic nitrogens is 2. The van der Waals surface area contributed by atoms with Crippen LogP contribution in [0.1, 0.15) is 19.8 Å². The van der Waals surface area contributed by atoms with Crippen molar-refractivity contribution < 1.29 is 18.8 Å². The molecule has 1 fully saturated rings. The second-order valence-electron chi connectivity index (χ2n) is 7.69. The van der Waals surface area contributed by atoms with Gasteiger partial charge in [-0.25, -0.2) is 0 Å². The molecule has 1 atom stereocenters. The monoisotopic (exact) mass is 436 g/mol. The highest BCUT2D eigenvalue weighted by molar-refractivity contribution is 5.95. The van der Waals surface area contributed by atoms with E-state index in [0.29, 0.717) is 24.9 Å². The lowest BCUT2D eigenvalue weighted by molar-refractivity contribution is -0.122. The Morgan fingerprint density at radius 3 is 2.38 bits per heavy atom. The number of amides is 1. The Morgan fingerprint density at radius 1 is 1.09 bits per heavy atom. The number of piperidine rings is 1. The van der Waals surface area contributed by atoms with E-state index in [4.69, 9.17) is 14.0 Å². The maximum absolute atomic E-state index is 13.3. The highest BCUT2D eigenvalue weighted by Gasteiger charge is 2.31. The Morgan fingerprint density at radius 2 is 1.75 bits per heavy atom. The highest BCUT2D eigenvalue weighted by atomic mass is 16.5. The molecule has 0 aliphatic carbocycles. The van der Waals surface area contributed by atoms with Crippen molar-refractivity contribution in [3.63, 3.8) is 0 Å². The van der Waals surface area contributed by atoms with Crippen molar-refractivity contribution in [1.29, 1.82) is 0 Å². The number of methoxy groups -OCH3 is 2. The van der Waals surface area contributed by atoms with Crippen LogP contribution in [0.3, 0.4) is 0 Å². The van der Waals surface area contributed by atoms with Crippen LogP contribution >= 0.6 is 0 Å². The molecule has 0 N–H and O–H groups in total. The fourth-order valence-electron chi connectivity index (χ4n) is 4.00. The largest absolute Gasteiger partial charge is 0.497 e. The molecule has 2 aromatic carbocycles. The molecular formula is C24H28N4O4. The predicted octanol–water partition coefficient (Wildman–Crippen LogP) is 4.02. The minimum absolute atomic E-state index is 0.109. The molecule has 168 valence electrons. The molecule has 8 nitrogen and oxygen atoms in total. The van der Waals surface area contributed by atoms with Crippen LogP contribution in [-0.4, -0.2) is 49.9 Å². The number of nitrogens with zero attached hydrogens (tertiary/aromatic N) is 4. The van der Waals surface area contributed by atoms with Crippen LogP contribution in [0.4, 0.5) is 11.7 Å². The first-order valence-electron chi connectivity index (χ1n) is 10.8. The van der Waals surface area contributed by atoms with E-state index in [-0.39, 0.29) is 11.8 Å². The average Bonchev–Trinajstić information content (AvgIpc) is 3.35. The number of anilines is 2. The maximum Gasteiger partial charge on any atom is 0.324 e. The third kappa shape index (κ3) is 4.54. The molecule has 0 spiro atoms. The number of ether oxygens (including phenoxy) is 2. The zero-order chi connectivity index (χ0) is 22.5. The number of carbonyl (C=O) groups is 1. The SMILES string of the molecule is CCN(C(=O)[C@@H]1CCCN(c2nc(-c3ccc(OC)cc3)no2)C1)c1ccc(OC)cc1. The van der Waals surface area contributed by atoms with Crippen molar-refractivity contribution >= 4 is 17.6 Å². The van der Waals surface area contributed by atoms with Crippen molar-refractivity contribution in [3.05, 3.63) is 48.5 Å². The van der Waals surface area contributed by atoms with E-state index in [0.717, 1.165) is 42.1 Å². The predicted molar refractivity (Wildman–Crippen MR) is 122 cm³/mol. The summed E-state index contributed by atoms with van der Waals surface area (Å²) in [6.07, 6.45) is 1.72. The summed E-state index contributed by atoms with van der Waals surface area (Å²) in [5, 5.41) is 4.13. The van der Waals surface area contributed by atoms with Crippen molar-refractivity contribution in [2.75, 3.05) is 43.7 Å². The van der Waals surface area contributed by atoms with Gasteiger partial charge in [0.1, 0.15) is 11.5 Å². The Kier molecular flexibility index (Phi) is 6.58. The lowest BCUT2D eigenvalue weighted by atomic mass is 9.96. The molecule has 1 aromatic heterocycles. The van der Waals surface area contributed by atoms with Crippen molar-refractivity contribution in [2.45, 2.75) is 19.8 Å². The summed E-state index contributed by atoms with van der Waals surface area (Å²) in [4.78, 5) is 21.7. The Hall–Kier alpha value is -3.55. The minimum Gasteiger partial charge on any atom is -0.497 e. The first kappa shape index (κ1) is 21.7. The zero-order valence-electron chi connectivity index (χ0n) is 18.7. The van der Waals surface area contributed by atoms with Gasteiger partial charge in [-0.1, -0.05) is 5.16 Å². The molecule has 8 heteroatoms. The molecule has 1 aliphatic heterocycles. The van der Waals surface area contributed by atoms with Gasteiger partial charge in [-0.2, -0.15) is 4.98 Å². The Bertz CT molecular complexity index is 1030. The molecule has 1 saturated heterocycles. The van der Waals surface area contributed by atoms with Crippen LogP contribution in [0.25, 0.3) is 11.4 Å².